The van der Waals surface area contributed by atoms with Gasteiger partial charge in [-0.1, -0.05) is 6.07 Å². The Bertz CT molecular complexity index is 982. The molecule has 2 aromatic carbocycles. The molecule has 3 rings (SSSR count). The molecule has 1 heterocycles. The fraction of sp³-hybridized carbons (Fsp3) is 0.286. The number of benzene rings is 2. The van der Waals surface area contributed by atoms with E-state index in [2.05, 4.69) is 5.32 Å². The van der Waals surface area contributed by atoms with E-state index < -0.39 is 17.6 Å². The molecule has 1 N–H and O–H groups in total. The number of halogens is 3. The Balaban J connectivity index is 1.64. The van der Waals surface area contributed by atoms with E-state index in [4.69, 9.17) is 10.00 Å². The quantitative estimate of drug-likeness (QED) is 0.808. The summed E-state index contributed by atoms with van der Waals surface area (Å²) in [6, 6.07) is 11.5. The van der Waals surface area contributed by atoms with Gasteiger partial charge in [0.1, 0.15) is 17.9 Å². The van der Waals surface area contributed by atoms with Crippen LogP contribution in [0.5, 0.6) is 11.5 Å². The number of fused-ring (bicyclic) bond motifs is 1. The molecule has 0 fully saturated rings. The molecule has 6 nitrogen and oxygen atoms in total. The highest BCUT2D eigenvalue weighted by atomic mass is 19.4. The smallest absolute Gasteiger partial charge is 0.416 e. The molecule has 0 unspecified atom stereocenters. The normalized spacial score (nSPS) is 13.2. The van der Waals surface area contributed by atoms with E-state index in [0.717, 1.165) is 23.3 Å². The zero-order chi connectivity index (χ0) is 21.7. The Labute approximate surface area is 170 Å². The van der Waals surface area contributed by atoms with Crippen molar-refractivity contribution < 1.29 is 27.5 Å². The number of ether oxygens (including phenoxy) is 1. The molecule has 30 heavy (non-hydrogen) atoms. The number of nitriles is 1. The van der Waals surface area contributed by atoms with Gasteiger partial charge in [0.15, 0.2) is 0 Å². The SMILES string of the molecule is N#CCC(=O)NCC(=O)N1CCc2ccc(Oc3ccc(C(F)(F)F)cc3)cc2C1. The lowest BCUT2D eigenvalue weighted by molar-refractivity contribution is -0.137. The number of rotatable bonds is 5. The number of alkyl halides is 3. The van der Waals surface area contributed by atoms with Gasteiger partial charge in [-0.3, -0.25) is 9.59 Å². The van der Waals surface area contributed by atoms with Crippen molar-refractivity contribution in [3.63, 3.8) is 0 Å². The lowest BCUT2D eigenvalue weighted by atomic mass is 9.99. The Morgan fingerprint density at radius 3 is 2.47 bits per heavy atom. The van der Waals surface area contributed by atoms with Crippen molar-refractivity contribution in [2.45, 2.75) is 25.6 Å². The van der Waals surface area contributed by atoms with Gasteiger partial charge in [-0.05, 0) is 53.9 Å². The molecule has 0 spiro atoms. The predicted octanol–water partition coefficient (Wildman–Crippen LogP) is 3.41. The van der Waals surface area contributed by atoms with E-state index in [1.54, 1.807) is 23.1 Å². The van der Waals surface area contributed by atoms with Crippen molar-refractivity contribution in [2.24, 2.45) is 0 Å². The average molecular weight is 417 g/mol. The fourth-order valence-corrected chi connectivity index (χ4v) is 3.08. The van der Waals surface area contributed by atoms with Gasteiger partial charge in [-0.25, -0.2) is 0 Å². The van der Waals surface area contributed by atoms with Gasteiger partial charge in [0.2, 0.25) is 11.8 Å². The van der Waals surface area contributed by atoms with Crippen molar-refractivity contribution in [1.82, 2.24) is 10.2 Å². The number of hydrogen-bond acceptors (Lipinski definition) is 4. The number of nitrogens with zero attached hydrogens (tertiary/aromatic N) is 2. The van der Waals surface area contributed by atoms with Gasteiger partial charge >= 0.3 is 6.18 Å². The summed E-state index contributed by atoms with van der Waals surface area (Å²) < 4.78 is 43.6. The average Bonchev–Trinajstić information content (AvgIpc) is 2.71. The monoisotopic (exact) mass is 417 g/mol. The van der Waals surface area contributed by atoms with Gasteiger partial charge in [0.05, 0.1) is 18.2 Å². The van der Waals surface area contributed by atoms with Crippen LogP contribution in [0.15, 0.2) is 42.5 Å². The molecule has 9 heteroatoms. The van der Waals surface area contributed by atoms with Crippen molar-refractivity contribution >= 4 is 11.8 Å². The first kappa shape index (κ1) is 21.2. The number of hydrogen-bond donors (Lipinski definition) is 1. The van der Waals surface area contributed by atoms with Gasteiger partial charge in [0, 0.05) is 13.1 Å². The molecular formula is C21H18F3N3O3. The minimum atomic E-state index is -4.41. The summed E-state index contributed by atoms with van der Waals surface area (Å²) in [5.41, 5.74) is 1.16. The number of nitrogens with one attached hydrogen (secondary N) is 1. The largest absolute Gasteiger partial charge is 0.457 e. The zero-order valence-electron chi connectivity index (χ0n) is 15.8. The molecule has 0 atom stereocenters. The molecule has 1 aliphatic rings. The van der Waals surface area contributed by atoms with Crippen LogP contribution in [0.3, 0.4) is 0 Å². The maximum Gasteiger partial charge on any atom is 0.416 e. The number of amides is 2. The molecule has 0 bridgehead atoms. The van der Waals surface area contributed by atoms with Crippen LogP contribution >= 0.6 is 0 Å². The summed E-state index contributed by atoms with van der Waals surface area (Å²) in [5.74, 6) is -0.0477. The standard InChI is InChI=1S/C21H18F3N3O3/c22-21(23,24)16-2-5-17(6-3-16)30-18-4-1-14-8-10-27(13-15(14)11-18)20(29)12-26-19(28)7-9-25/h1-6,11H,7-8,10,12-13H2,(H,26,28). The number of carbonyl (C=O) groups excluding carboxylic acids is 2. The second-order valence-electron chi connectivity index (χ2n) is 6.73. The van der Waals surface area contributed by atoms with Crippen molar-refractivity contribution in [3.8, 4) is 17.6 Å². The number of carbonyl (C=O) groups is 2. The highest BCUT2D eigenvalue weighted by molar-refractivity contribution is 5.85. The minimum Gasteiger partial charge on any atom is -0.457 e. The van der Waals surface area contributed by atoms with Crippen molar-refractivity contribution in [2.75, 3.05) is 13.1 Å². The molecule has 2 amide bonds. The molecule has 0 saturated heterocycles. The second-order valence-corrected chi connectivity index (χ2v) is 6.73. The van der Waals surface area contributed by atoms with Crippen LogP contribution < -0.4 is 10.1 Å². The Morgan fingerprint density at radius 2 is 1.80 bits per heavy atom. The van der Waals surface area contributed by atoms with Crippen LogP contribution in [0.2, 0.25) is 0 Å². The first-order chi connectivity index (χ1) is 14.3. The van der Waals surface area contributed by atoms with Gasteiger partial charge in [-0.15, -0.1) is 0 Å². The van der Waals surface area contributed by atoms with E-state index in [1.807, 2.05) is 6.07 Å². The van der Waals surface area contributed by atoms with Gasteiger partial charge in [-0.2, -0.15) is 18.4 Å². The molecule has 2 aromatic rings. The lowest BCUT2D eigenvalue weighted by Gasteiger charge is -2.29. The lowest BCUT2D eigenvalue weighted by Crippen LogP contribution is -2.42. The first-order valence-electron chi connectivity index (χ1n) is 9.14. The molecule has 156 valence electrons. The third-order valence-electron chi connectivity index (χ3n) is 4.64. The van der Waals surface area contributed by atoms with Crippen LogP contribution in [-0.2, 0) is 28.7 Å². The summed E-state index contributed by atoms with van der Waals surface area (Å²) in [7, 11) is 0. The zero-order valence-corrected chi connectivity index (χ0v) is 15.8. The molecule has 0 aliphatic carbocycles. The summed E-state index contributed by atoms with van der Waals surface area (Å²) in [5, 5.41) is 10.9. The maximum atomic E-state index is 12.7. The van der Waals surface area contributed by atoms with E-state index in [-0.39, 0.29) is 24.6 Å². The van der Waals surface area contributed by atoms with E-state index in [1.165, 1.54) is 12.1 Å². The maximum absolute atomic E-state index is 12.7. The summed E-state index contributed by atoms with van der Waals surface area (Å²) >= 11 is 0. The van der Waals surface area contributed by atoms with Gasteiger partial charge < -0.3 is 15.0 Å². The third kappa shape index (κ3) is 5.29. The van der Waals surface area contributed by atoms with Gasteiger partial charge in [0.25, 0.3) is 0 Å². The first-order valence-corrected chi connectivity index (χ1v) is 9.14. The summed E-state index contributed by atoms with van der Waals surface area (Å²) in [6.07, 6.45) is -4.08. The summed E-state index contributed by atoms with van der Waals surface area (Å²) in [6.45, 7) is 0.642. The minimum absolute atomic E-state index is 0.183. The van der Waals surface area contributed by atoms with Crippen LogP contribution in [0, 0.1) is 11.3 Å². The molecule has 0 saturated carbocycles. The Morgan fingerprint density at radius 1 is 1.10 bits per heavy atom. The van der Waals surface area contributed by atoms with Crippen LogP contribution in [-0.4, -0.2) is 29.8 Å². The highest BCUT2D eigenvalue weighted by Gasteiger charge is 2.30. The molecule has 0 radical (unpaired) electrons. The fourth-order valence-electron chi connectivity index (χ4n) is 3.08. The third-order valence-corrected chi connectivity index (χ3v) is 4.64. The van der Waals surface area contributed by atoms with E-state index in [9.17, 15) is 22.8 Å². The molecular weight excluding hydrogens is 399 g/mol. The van der Waals surface area contributed by atoms with E-state index in [0.29, 0.717) is 25.3 Å². The Kier molecular flexibility index (Phi) is 6.26. The summed E-state index contributed by atoms with van der Waals surface area (Å²) in [4.78, 5) is 25.2. The topological polar surface area (TPSA) is 82.4 Å². The van der Waals surface area contributed by atoms with Crippen LogP contribution in [0.25, 0.3) is 0 Å². The van der Waals surface area contributed by atoms with Crippen molar-refractivity contribution in [3.05, 3.63) is 59.2 Å². The molecule has 1 aliphatic heterocycles. The van der Waals surface area contributed by atoms with Crippen LogP contribution in [0.4, 0.5) is 13.2 Å². The van der Waals surface area contributed by atoms with Crippen molar-refractivity contribution in [1.29, 1.82) is 5.26 Å². The second kappa shape index (κ2) is 8.86. The highest BCUT2D eigenvalue weighted by Crippen LogP contribution is 2.32. The van der Waals surface area contributed by atoms with E-state index >= 15 is 0 Å². The predicted molar refractivity (Wildman–Crippen MR) is 100 cm³/mol. The van der Waals surface area contributed by atoms with Crippen LogP contribution in [0.1, 0.15) is 23.1 Å². The Hall–Kier alpha value is -3.54. The molecule has 0 aromatic heterocycles.